The van der Waals surface area contributed by atoms with Crippen molar-refractivity contribution in [2.45, 2.75) is 12.6 Å². The third kappa shape index (κ3) is 5.37. The minimum Gasteiger partial charge on any atom is -0.385 e. The van der Waals surface area contributed by atoms with Crippen LogP contribution in [0.15, 0.2) is 30.5 Å². The molecule has 0 unspecified atom stereocenters. The summed E-state index contributed by atoms with van der Waals surface area (Å²) in [7, 11) is 1.62. The van der Waals surface area contributed by atoms with E-state index in [1.807, 2.05) is 0 Å². The number of nitrogens with zero attached hydrogens (tertiary/aromatic N) is 3. The lowest BCUT2D eigenvalue weighted by atomic mass is 10.2. The van der Waals surface area contributed by atoms with Gasteiger partial charge in [0.05, 0.1) is 11.8 Å². The van der Waals surface area contributed by atoms with Crippen molar-refractivity contribution in [3.63, 3.8) is 0 Å². The Bertz CT molecular complexity index is 619. The van der Waals surface area contributed by atoms with Crippen LogP contribution in [0.3, 0.4) is 0 Å². The van der Waals surface area contributed by atoms with Gasteiger partial charge in [0.25, 0.3) is 0 Å². The van der Waals surface area contributed by atoms with E-state index < -0.39 is 11.7 Å². The van der Waals surface area contributed by atoms with Crippen molar-refractivity contribution < 1.29 is 17.9 Å². The Morgan fingerprint density at radius 2 is 1.91 bits per heavy atom. The maximum atomic E-state index is 12.5. The quantitative estimate of drug-likeness (QED) is 0.762. The molecule has 2 N–H and O–H groups in total. The fourth-order valence-electron chi connectivity index (χ4n) is 1.75. The van der Waals surface area contributed by atoms with Crippen LogP contribution >= 0.6 is 0 Å². The molecular formula is C14H16F3N5O. The van der Waals surface area contributed by atoms with Crippen LogP contribution < -0.4 is 10.6 Å². The number of rotatable bonds is 7. The van der Waals surface area contributed by atoms with Gasteiger partial charge in [-0.25, -0.2) is 0 Å². The molecule has 23 heavy (non-hydrogen) atoms. The number of aromatic nitrogens is 3. The molecule has 0 aliphatic carbocycles. The van der Waals surface area contributed by atoms with E-state index >= 15 is 0 Å². The van der Waals surface area contributed by atoms with Crippen molar-refractivity contribution in [3.05, 3.63) is 36.0 Å². The Morgan fingerprint density at radius 3 is 2.57 bits per heavy atom. The third-order valence-corrected chi connectivity index (χ3v) is 2.86. The largest absolute Gasteiger partial charge is 0.416 e. The molecule has 0 aliphatic heterocycles. The molecule has 0 fully saturated rings. The number of hydrogen-bond donors (Lipinski definition) is 2. The van der Waals surface area contributed by atoms with E-state index in [0.717, 1.165) is 18.6 Å². The highest BCUT2D eigenvalue weighted by molar-refractivity contribution is 5.54. The molecule has 0 spiro atoms. The van der Waals surface area contributed by atoms with E-state index in [9.17, 15) is 13.2 Å². The van der Waals surface area contributed by atoms with E-state index in [-0.39, 0.29) is 5.95 Å². The lowest BCUT2D eigenvalue weighted by molar-refractivity contribution is -0.137. The lowest BCUT2D eigenvalue weighted by Crippen LogP contribution is -2.08. The molecule has 0 saturated heterocycles. The average Bonchev–Trinajstić information content (AvgIpc) is 2.52. The van der Waals surface area contributed by atoms with Crippen LogP contribution in [-0.4, -0.2) is 35.4 Å². The molecule has 6 nitrogen and oxygen atoms in total. The summed E-state index contributed by atoms with van der Waals surface area (Å²) in [6.45, 7) is 1.29. The lowest BCUT2D eigenvalue weighted by Gasteiger charge is -2.09. The minimum absolute atomic E-state index is 0.196. The number of methoxy groups -OCH3 is 1. The molecule has 2 rings (SSSR count). The molecule has 1 aromatic carbocycles. The van der Waals surface area contributed by atoms with Crippen molar-refractivity contribution in [2.75, 3.05) is 30.9 Å². The number of ether oxygens (including phenoxy) is 1. The number of nitrogens with one attached hydrogen (secondary N) is 2. The van der Waals surface area contributed by atoms with Gasteiger partial charge in [-0.3, -0.25) is 0 Å². The van der Waals surface area contributed by atoms with E-state index in [2.05, 4.69) is 25.8 Å². The Labute approximate surface area is 131 Å². The van der Waals surface area contributed by atoms with Crippen LogP contribution in [-0.2, 0) is 10.9 Å². The Hall–Kier alpha value is -2.42. The Balaban J connectivity index is 1.97. The van der Waals surface area contributed by atoms with Crippen LogP contribution in [0, 0.1) is 0 Å². The molecule has 124 valence electrons. The predicted molar refractivity (Wildman–Crippen MR) is 79.5 cm³/mol. The zero-order chi connectivity index (χ0) is 16.7. The molecule has 0 amide bonds. The van der Waals surface area contributed by atoms with Gasteiger partial charge in [-0.1, -0.05) is 0 Å². The molecule has 9 heteroatoms. The summed E-state index contributed by atoms with van der Waals surface area (Å²) in [5.41, 5.74) is -0.271. The SMILES string of the molecule is COCCCNc1cnnc(Nc2ccc(C(F)(F)F)cc2)n1. The second-order valence-electron chi connectivity index (χ2n) is 4.64. The third-order valence-electron chi connectivity index (χ3n) is 2.86. The van der Waals surface area contributed by atoms with E-state index in [1.54, 1.807) is 7.11 Å². The molecule has 0 radical (unpaired) electrons. The first-order valence-electron chi connectivity index (χ1n) is 6.86. The monoisotopic (exact) mass is 327 g/mol. The van der Waals surface area contributed by atoms with Gasteiger partial charge in [0.1, 0.15) is 0 Å². The summed E-state index contributed by atoms with van der Waals surface area (Å²) in [5.74, 6) is 0.715. The Morgan fingerprint density at radius 1 is 1.17 bits per heavy atom. The van der Waals surface area contributed by atoms with Crippen molar-refractivity contribution in [2.24, 2.45) is 0 Å². The van der Waals surface area contributed by atoms with Crippen molar-refractivity contribution in [1.29, 1.82) is 0 Å². The van der Waals surface area contributed by atoms with Gasteiger partial charge in [0, 0.05) is 25.9 Å². The molecule has 0 saturated carbocycles. The number of anilines is 3. The highest BCUT2D eigenvalue weighted by Crippen LogP contribution is 2.30. The Kier molecular flexibility index (Phi) is 5.69. The van der Waals surface area contributed by atoms with Crippen LogP contribution in [0.1, 0.15) is 12.0 Å². The van der Waals surface area contributed by atoms with Crippen LogP contribution in [0.2, 0.25) is 0 Å². The smallest absolute Gasteiger partial charge is 0.385 e. The second-order valence-corrected chi connectivity index (χ2v) is 4.64. The number of alkyl halides is 3. The summed E-state index contributed by atoms with van der Waals surface area (Å²) in [4.78, 5) is 4.18. The second kappa shape index (κ2) is 7.73. The maximum absolute atomic E-state index is 12.5. The van der Waals surface area contributed by atoms with E-state index in [1.165, 1.54) is 18.3 Å². The fraction of sp³-hybridized carbons (Fsp3) is 0.357. The first-order chi connectivity index (χ1) is 11.0. The van der Waals surface area contributed by atoms with Crippen molar-refractivity contribution in [1.82, 2.24) is 15.2 Å². The molecule has 0 aliphatic rings. The normalized spacial score (nSPS) is 11.3. The molecular weight excluding hydrogens is 311 g/mol. The molecule has 2 aromatic rings. The summed E-state index contributed by atoms with van der Waals surface area (Å²) in [5, 5.41) is 13.4. The summed E-state index contributed by atoms with van der Waals surface area (Å²) < 4.78 is 42.4. The van der Waals surface area contributed by atoms with Gasteiger partial charge < -0.3 is 15.4 Å². The number of halogens is 3. The summed E-state index contributed by atoms with van der Waals surface area (Å²) in [6, 6.07) is 4.60. The van der Waals surface area contributed by atoms with Crippen LogP contribution in [0.4, 0.5) is 30.6 Å². The fourth-order valence-corrected chi connectivity index (χ4v) is 1.75. The van der Waals surface area contributed by atoms with Gasteiger partial charge in [-0.05, 0) is 30.7 Å². The minimum atomic E-state index is -4.36. The van der Waals surface area contributed by atoms with Gasteiger partial charge >= 0.3 is 6.18 Å². The maximum Gasteiger partial charge on any atom is 0.416 e. The van der Waals surface area contributed by atoms with Crippen LogP contribution in [0.5, 0.6) is 0 Å². The van der Waals surface area contributed by atoms with Gasteiger partial charge in [-0.2, -0.15) is 23.3 Å². The molecule has 1 aromatic heterocycles. The predicted octanol–water partition coefficient (Wildman–Crippen LogP) is 3.08. The van der Waals surface area contributed by atoms with E-state index in [4.69, 9.17) is 4.74 Å². The van der Waals surface area contributed by atoms with Crippen molar-refractivity contribution in [3.8, 4) is 0 Å². The first-order valence-corrected chi connectivity index (χ1v) is 6.86. The number of benzene rings is 1. The molecule has 0 atom stereocenters. The highest BCUT2D eigenvalue weighted by Gasteiger charge is 2.29. The van der Waals surface area contributed by atoms with Crippen LogP contribution in [0.25, 0.3) is 0 Å². The zero-order valence-corrected chi connectivity index (χ0v) is 12.4. The highest BCUT2D eigenvalue weighted by atomic mass is 19.4. The number of hydrogen-bond acceptors (Lipinski definition) is 6. The zero-order valence-electron chi connectivity index (χ0n) is 12.4. The molecule has 0 bridgehead atoms. The average molecular weight is 327 g/mol. The summed E-state index contributed by atoms with van der Waals surface area (Å²) in [6.07, 6.45) is -2.09. The summed E-state index contributed by atoms with van der Waals surface area (Å²) >= 11 is 0. The standard InChI is InChI=1S/C14H16F3N5O/c1-23-8-2-7-18-12-9-19-22-13(21-12)20-11-5-3-10(4-6-11)14(15,16)17/h3-6,9H,2,7-8H2,1H3,(H2,18,20,21,22). The first kappa shape index (κ1) is 16.9. The van der Waals surface area contributed by atoms with Gasteiger partial charge in [-0.15, -0.1) is 5.10 Å². The molecule has 1 heterocycles. The van der Waals surface area contributed by atoms with E-state index in [0.29, 0.717) is 24.7 Å². The van der Waals surface area contributed by atoms with Gasteiger partial charge in [0.2, 0.25) is 5.95 Å². The topological polar surface area (TPSA) is 72.0 Å². The van der Waals surface area contributed by atoms with Crippen molar-refractivity contribution >= 4 is 17.5 Å². The van der Waals surface area contributed by atoms with Gasteiger partial charge in [0.15, 0.2) is 5.82 Å².